The lowest BCUT2D eigenvalue weighted by Crippen LogP contribution is -2.20. The van der Waals surface area contributed by atoms with Gasteiger partial charge in [0.15, 0.2) is 0 Å². The van der Waals surface area contributed by atoms with E-state index in [0.29, 0.717) is 0 Å². The van der Waals surface area contributed by atoms with Crippen molar-refractivity contribution >= 4 is 43.4 Å². The smallest absolute Gasteiger partial charge is 0.0459 e. The summed E-state index contributed by atoms with van der Waals surface area (Å²) in [5.41, 5.74) is 7.81. The third kappa shape index (κ3) is 2.58. The first-order chi connectivity index (χ1) is 14.9. The van der Waals surface area contributed by atoms with E-state index in [2.05, 4.69) is 98.3 Å². The van der Waals surface area contributed by atoms with Crippen LogP contribution in [0.5, 0.6) is 0 Å². The Labute approximate surface area is 181 Å². The normalized spacial score (nSPS) is 12.5. The summed E-state index contributed by atoms with van der Waals surface area (Å²) in [6.07, 6.45) is 4.01. The van der Waals surface area contributed by atoms with Gasteiger partial charge in [-0.25, -0.2) is 0 Å². The molecule has 0 aliphatic heterocycles. The van der Waals surface area contributed by atoms with Crippen LogP contribution < -0.4 is 0 Å². The predicted octanol–water partition coefficient (Wildman–Crippen LogP) is 7.90. The molecule has 0 radical (unpaired) electrons. The number of hydrogen-bond donors (Lipinski definition) is 2. The van der Waals surface area contributed by atoms with Gasteiger partial charge in [0, 0.05) is 28.8 Å². The van der Waals surface area contributed by atoms with Crippen molar-refractivity contribution in [1.29, 1.82) is 0 Å². The Hall–Kier alpha value is -3.52. The first kappa shape index (κ1) is 18.3. The van der Waals surface area contributed by atoms with E-state index in [9.17, 15) is 0 Å². The molecule has 4 aromatic carbocycles. The van der Waals surface area contributed by atoms with Crippen LogP contribution >= 0.6 is 0 Å². The van der Waals surface area contributed by atoms with Gasteiger partial charge in [0.05, 0.1) is 0 Å². The standard InChI is InChI=1S/C29H26N2/c1-17-11-21-13-19-7-5-9-30-25(19)15-23(21)27(17)29(3,4)28-18(2)12-22-14-20-8-6-10-31-26(20)16-24(22)28/h5-16,30-31H,1-4H3. The van der Waals surface area contributed by atoms with Crippen molar-refractivity contribution < 1.29 is 0 Å². The third-order valence-corrected chi connectivity index (χ3v) is 6.99. The van der Waals surface area contributed by atoms with E-state index in [1.807, 2.05) is 12.4 Å². The van der Waals surface area contributed by atoms with Gasteiger partial charge in [-0.2, -0.15) is 0 Å². The van der Waals surface area contributed by atoms with Crippen LogP contribution in [0, 0.1) is 13.8 Å². The average Bonchev–Trinajstić information content (AvgIpc) is 3.24. The quantitative estimate of drug-likeness (QED) is 0.295. The lowest BCUT2D eigenvalue weighted by atomic mass is 9.75. The minimum absolute atomic E-state index is 0.122. The molecule has 2 N–H and O–H groups in total. The SMILES string of the molecule is Cc1cc2cc3ccc[nH]c3cc2c1C(C)(C)c1c(C)cc2cc3ccc[nH]c3cc12. The topological polar surface area (TPSA) is 31.6 Å². The number of aromatic nitrogens is 2. The van der Waals surface area contributed by atoms with Crippen molar-refractivity contribution in [2.75, 3.05) is 0 Å². The van der Waals surface area contributed by atoms with Crippen molar-refractivity contribution in [2.24, 2.45) is 0 Å². The summed E-state index contributed by atoms with van der Waals surface area (Å²) >= 11 is 0. The molecule has 6 rings (SSSR count). The Balaban J connectivity index is 1.66. The van der Waals surface area contributed by atoms with E-state index in [1.165, 1.54) is 65.6 Å². The van der Waals surface area contributed by atoms with E-state index in [1.54, 1.807) is 0 Å². The van der Waals surface area contributed by atoms with Gasteiger partial charge in [0.2, 0.25) is 0 Å². The predicted molar refractivity (Wildman–Crippen MR) is 133 cm³/mol. The molecule has 0 spiro atoms. The highest BCUT2D eigenvalue weighted by Crippen LogP contribution is 2.45. The molecule has 0 unspecified atom stereocenters. The van der Waals surface area contributed by atoms with Crippen LogP contribution in [-0.2, 0) is 5.41 Å². The van der Waals surface area contributed by atoms with Crippen molar-refractivity contribution in [3.8, 4) is 0 Å². The first-order valence-electron chi connectivity index (χ1n) is 11.0. The van der Waals surface area contributed by atoms with Crippen LogP contribution in [0.2, 0.25) is 0 Å². The van der Waals surface area contributed by atoms with E-state index in [0.717, 1.165) is 0 Å². The van der Waals surface area contributed by atoms with E-state index in [-0.39, 0.29) is 5.41 Å². The maximum absolute atomic E-state index is 3.42. The van der Waals surface area contributed by atoms with Crippen molar-refractivity contribution in [3.63, 3.8) is 0 Å². The lowest BCUT2D eigenvalue weighted by Gasteiger charge is -2.28. The fraction of sp³-hybridized carbons (Fsp3) is 0.172. The number of benzene rings is 2. The van der Waals surface area contributed by atoms with Gasteiger partial charge in [-0.1, -0.05) is 38.1 Å². The number of aromatic amines is 2. The van der Waals surface area contributed by atoms with E-state index in [4.69, 9.17) is 0 Å². The van der Waals surface area contributed by atoms with Gasteiger partial charge in [0.1, 0.15) is 0 Å². The zero-order chi connectivity index (χ0) is 21.3. The van der Waals surface area contributed by atoms with Gasteiger partial charge in [0.25, 0.3) is 0 Å². The molecule has 2 aromatic heterocycles. The number of H-pyrrole nitrogens is 2. The number of hydrogen-bond acceptors (Lipinski definition) is 0. The minimum atomic E-state index is -0.122. The highest BCUT2D eigenvalue weighted by molar-refractivity contribution is 6.03. The fourth-order valence-corrected chi connectivity index (χ4v) is 5.86. The van der Waals surface area contributed by atoms with Gasteiger partial charge >= 0.3 is 0 Å². The van der Waals surface area contributed by atoms with Gasteiger partial charge in [-0.15, -0.1) is 0 Å². The van der Waals surface area contributed by atoms with E-state index >= 15 is 0 Å². The Kier molecular flexibility index (Phi) is 3.68. The van der Waals surface area contributed by atoms with Gasteiger partial charge < -0.3 is 9.97 Å². The Morgan fingerprint density at radius 2 is 1.03 bits per heavy atom. The number of rotatable bonds is 2. The second kappa shape index (κ2) is 6.24. The molecule has 0 saturated heterocycles. The average molecular weight is 403 g/mol. The summed E-state index contributed by atoms with van der Waals surface area (Å²) in [7, 11) is 0. The second-order valence-electron chi connectivity index (χ2n) is 9.42. The summed E-state index contributed by atoms with van der Waals surface area (Å²) in [6, 6.07) is 22.5. The van der Waals surface area contributed by atoms with Crippen LogP contribution in [0.15, 0.2) is 73.1 Å². The van der Waals surface area contributed by atoms with Gasteiger partial charge in [-0.05, 0) is 105 Å². The molecule has 2 heterocycles. The summed E-state index contributed by atoms with van der Waals surface area (Å²) < 4.78 is 0. The third-order valence-electron chi connectivity index (χ3n) is 6.99. The molecular formula is C29H26N2. The molecule has 2 nitrogen and oxygen atoms in total. The maximum atomic E-state index is 3.42. The Morgan fingerprint density at radius 3 is 1.48 bits per heavy atom. The molecular weight excluding hydrogens is 376 g/mol. The Bertz CT molecular complexity index is 1500. The number of nitrogens with one attached hydrogen (secondary N) is 2. The van der Waals surface area contributed by atoms with Crippen molar-refractivity contribution in [3.05, 3.63) is 95.3 Å². The van der Waals surface area contributed by atoms with Crippen molar-refractivity contribution in [2.45, 2.75) is 33.1 Å². The number of fused-ring (bicyclic) bond motifs is 4. The summed E-state index contributed by atoms with van der Waals surface area (Å²) in [5.74, 6) is 0. The summed E-state index contributed by atoms with van der Waals surface area (Å²) in [6.45, 7) is 9.28. The molecule has 0 saturated carbocycles. The second-order valence-corrected chi connectivity index (χ2v) is 9.42. The molecule has 31 heavy (non-hydrogen) atoms. The fourth-order valence-electron chi connectivity index (χ4n) is 5.86. The molecule has 0 amide bonds. The summed E-state index contributed by atoms with van der Waals surface area (Å²) in [4.78, 5) is 6.85. The Morgan fingerprint density at radius 1 is 0.581 bits per heavy atom. The highest BCUT2D eigenvalue weighted by atomic mass is 14.6. The van der Waals surface area contributed by atoms with E-state index < -0.39 is 0 Å². The minimum Gasteiger partial charge on any atom is -0.361 e. The molecule has 0 fully saturated rings. The largest absolute Gasteiger partial charge is 0.361 e. The van der Waals surface area contributed by atoms with Crippen LogP contribution in [0.25, 0.3) is 43.4 Å². The molecule has 0 aliphatic carbocycles. The van der Waals surface area contributed by atoms with Crippen molar-refractivity contribution in [1.82, 2.24) is 9.97 Å². The number of pyridine rings is 2. The zero-order valence-corrected chi connectivity index (χ0v) is 18.4. The van der Waals surface area contributed by atoms with Crippen LogP contribution in [0.1, 0.15) is 36.1 Å². The zero-order valence-electron chi connectivity index (χ0n) is 18.4. The van der Waals surface area contributed by atoms with Crippen LogP contribution in [-0.4, -0.2) is 9.97 Å². The lowest BCUT2D eigenvalue weighted by molar-refractivity contribution is 0.647. The van der Waals surface area contributed by atoms with Crippen LogP contribution in [0.3, 0.4) is 0 Å². The first-order valence-corrected chi connectivity index (χ1v) is 11.0. The van der Waals surface area contributed by atoms with Crippen LogP contribution in [0.4, 0.5) is 0 Å². The summed E-state index contributed by atoms with van der Waals surface area (Å²) in [5, 5.41) is 7.83. The molecule has 152 valence electrons. The molecule has 0 atom stereocenters. The van der Waals surface area contributed by atoms with Gasteiger partial charge in [-0.3, -0.25) is 0 Å². The number of aryl methyl sites for hydroxylation is 2. The monoisotopic (exact) mass is 402 g/mol. The molecule has 2 heteroatoms. The molecule has 6 aromatic rings. The highest BCUT2D eigenvalue weighted by Gasteiger charge is 2.32. The molecule has 0 bridgehead atoms. The molecule has 0 aliphatic rings. The maximum Gasteiger partial charge on any atom is 0.0459 e.